The highest BCUT2D eigenvalue weighted by Gasteiger charge is 2.27. The van der Waals surface area contributed by atoms with Crippen LogP contribution in [0.3, 0.4) is 0 Å². The van der Waals surface area contributed by atoms with Gasteiger partial charge in [-0.2, -0.15) is 0 Å². The lowest BCUT2D eigenvalue weighted by molar-refractivity contribution is 0.264. The van der Waals surface area contributed by atoms with Gasteiger partial charge in [-0.1, -0.05) is 20.8 Å². The van der Waals surface area contributed by atoms with Gasteiger partial charge in [-0.15, -0.1) is 0 Å². The van der Waals surface area contributed by atoms with Crippen LogP contribution in [0, 0.1) is 26.2 Å². The zero-order chi connectivity index (χ0) is 14.5. The minimum atomic E-state index is 0.163. The summed E-state index contributed by atoms with van der Waals surface area (Å²) in [6.45, 7) is 15.1. The summed E-state index contributed by atoms with van der Waals surface area (Å²) in [5.74, 6) is 1.31. The summed E-state index contributed by atoms with van der Waals surface area (Å²) in [5, 5.41) is 0.999. The highest BCUT2D eigenvalue weighted by atomic mass is 15.1. The van der Waals surface area contributed by atoms with Crippen molar-refractivity contribution in [2.75, 3.05) is 5.73 Å². The van der Waals surface area contributed by atoms with Crippen molar-refractivity contribution in [3.8, 4) is 0 Å². The number of nitrogens with two attached hydrogens (primary N) is 1. The number of hydrogen-bond acceptors (Lipinski definition) is 3. The van der Waals surface area contributed by atoms with Gasteiger partial charge in [-0.05, 0) is 38.7 Å². The minimum absolute atomic E-state index is 0.163. The van der Waals surface area contributed by atoms with E-state index in [1.807, 2.05) is 6.92 Å². The van der Waals surface area contributed by atoms with Gasteiger partial charge in [0.1, 0.15) is 17.3 Å². The van der Waals surface area contributed by atoms with Crippen molar-refractivity contribution in [2.45, 2.75) is 54.5 Å². The van der Waals surface area contributed by atoms with Gasteiger partial charge >= 0.3 is 0 Å². The Morgan fingerprint density at radius 3 is 2.21 bits per heavy atom. The van der Waals surface area contributed by atoms with Gasteiger partial charge in [0.25, 0.3) is 0 Å². The molecule has 0 fully saturated rings. The lowest BCUT2D eigenvalue weighted by Gasteiger charge is -2.30. The van der Waals surface area contributed by atoms with E-state index >= 15 is 0 Å². The van der Waals surface area contributed by atoms with Gasteiger partial charge in [-0.3, -0.25) is 0 Å². The predicted octanol–water partition coefficient (Wildman–Crippen LogP) is 3.55. The molecular weight excluding hydrogens is 236 g/mol. The zero-order valence-electron chi connectivity index (χ0n) is 13.0. The van der Waals surface area contributed by atoms with Crippen LogP contribution in [0.15, 0.2) is 0 Å². The highest BCUT2D eigenvalue weighted by molar-refractivity contribution is 5.91. The fourth-order valence-corrected chi connectivity index (χ4v) is 2.49. The Labute approximate surface area is 115 Å². The van der Waals surface area contributed by atoms with Gasteiger partial charge in [0.2, 0.25) is 0 Å². The molecule has 2 N–H and O–H groups in total. The molecular formula is C15H24N4. The first kappa shape index (κ1) is 13.8. The molecule has 2 rings (SSSR count). The number of nitrogens with zero attached hydrogens (tertiary/aromatic N) is 3. The van der Waals surface area contributed by atoms with Gasteiger partial charge in [0, 0.05) is 11.7 Å². The number of nitrogen functional groups attached to an aromatic ring is 1. The molecule has 0 bridgehead atoms. The van der Waals surface area contributed by atoms with Crippen molar-refractivity contribution in [3.63, 3.8) is 0 Å². The van der Waals surface area contributed by atoms with E-state index in [1.54, 1.807) is 0 Å². The van der Waals surface area contributed by atoms with Gasteiger partial charge < -0.3 is 10.3 Å². The molecule has 104 valence electrons. The number of anilines is 1. The van der Waals surface area contributed by atoms with Gasteiger partial charge in [0.05, 0.1) is 5.39 Å². The quantitative estimate of drug-likeness (QED) is 0.853. The van der Waals surface area contributed by atoms with E-state index in [2.05, 4.69) is 56.1 Å². The number of fused-ring (bicyclic) bond motifs is 1. The van der Waals surface area contributed by atoms with E-state index in [1.165, 1.54) is 11.3 Å². The maximum absolute atomic E-state index is 6.08. The lowest BCUT2D eigenvalue weighted by Crippen LogP contribution is -2.22. The molecule has 2 aromatic heterocycles. The van der Waals surface area contributed by atoms with Crippen LogP contribution in [0.4, 0.5) is 5.82 Å². The second-order valence-electron chi connectivity index (χ2n) is 6.48. The first-order valence-corrected chi connectivity index (χ1v) is 6.75. The molecule has 0 aromatic carbocycles. The maximum atomic E-state index is 6.08. The molecule has 1 unspecified atom stereocenters. The van der Waals surface area contributed by atoms with Gasteiger partial charge in [-0.25, -0.2) is 9.97 Å². The fraction of sp³-hybridized carbons (Fsp3) is 0.600. The van der Waals surface area contributed by atoms with Crippen LogP contribution in [0.1, 0.15) is 50.8 Å². The fourth-order valence-electron chi connectivity index (χ4n) is 2.49. The SMILES string of the molecule is Cc1nc(N)c2c(C)c(C)n(C(C)C(C)(C)C)c2n1. The summed E-state index contributed by atoms with van der Waals surface area (Å²) in [6, 6.07) is 0.345. The Kier molecular flexibility index (Phi) is 3.07. The molecule has 0 spiro atoms. The van der Waals surface area contributed by atoms with Crippen molar-refractivity contribution in [2.24, 2.45) is 5.41 Å². The highest BCUT2D eigenvalue weighted by Crippen LogP contribution is 2.37. The Balaban J connectivity index is 2.85. The molecule has 0 radical (unpaired) electrons. The third kappa shape index (κ3) is 2.09. The summed E-state index contributed by atoms with van der Waals surface area (Å²) in [5.41, 5.74) is 9.62. The molecule has 0 aliphatic carbocycles. The third-order valence-corrected chi connectivity index (χ3v) is 4.18. The number of aromatic nitrogens is 3. The van der Waals surface area contributed by atoms with E-state index in [0.29, 0.717) is 11.9 Å². The maximum Gasteiger partial charge on any atom is 0.146 e. The van der Waals surface area contributed by atoms with E-state index in [4.69, 9.17) is 5.73 Å². The largest absolute Gasteiger partial charge is 0.383 e. The number of hydrogen-bond donors (Lipinski definition) is 1. The number of aryl methyl sites for hydroxylation is 2. The van der Waals surface area contributed by atoms with Gasteiger partial charge in [0.15, 0.2) is 0 Å². The molecule has 0 saturated carbocycles. The van der Waals surface area contributed by atoms with Crippen LogP contribution < -0.4 is 5.73 Å². The third-order valence-electron chi connectivity index (χ3n) is 4.18. The van der Waals surface area contributed by atoms with Crippen LogP contribution in [-0.2, 0) is 0 Å². The normalized spacial score (nSPS) is 14.1. The standard InChI is InChI=1S/C15H24N4/c1-8-9(2)19(10(3)15(5,6)7)14-12(8)13(16)17-11(4)18-14/h10H,1-7H3,(H2,16,17,18). The average Bonchev–Trinajstić information content (AvgIpc) is 2.49. The first-order valence-electron chi connectivity index (χ1n) is 6.75. The number of rotatable bonds is 1. The van der Waals surface area contributed by atoms with Crippen LogP contribution >= 0.6 is 0 Å². The van der Waals surface area contributed by atoms with Crippen molar-refractivity contribution < 1.29 is 0 Å². The molecule has 0 saturated heterocycles. The Morgan fingerprint density at radius 2 is 1.68 bits per heavy atom. The molecule has 2 heterocycles. The zero-order valence-corrected chi connectivity index (χ0v) is 13.0. The predicted molar refractivity (Wildman–Crippen MR) is 80.3 cm³/mol. The summed E-state index contributed by atoms with van der Waals surface area (Å²) in [6.07, 6.45) is 0. The van der Waals surface area contributed by atoms with E-state index in [-0.39, 0.29) is 5.41 Å². The smallest absolute Gasteiger partial charge is 0.146 e. The molecule has 0 amide bonds. The second kappa shape index (κ2) is 4.22. The lowest BCUT2D eigenvalue weighted by atomic mass is 9.87. The second-order valence-corrected chi connectivity index (χ2v) is 6.48. The van der Waals surface area contributed by atoms with Crippen molar-refractivity contribution in [1.82, 2.24) is 14.5 Å². The average molecular weight is 260 g/mol. The molecule has 4 nitrogen and oxygen atoms in total. The van der Waals surface area contributed by atoms with E-state index < -0.39 is 0 Å². The van der Waals surface area contributed by atoms with Crippen molar-refractivity contribution in [3.05, 3.63) is 17.1 Å². The van der Waals surface area contributed by atoms with Crippen LogP contribution in [-0.4, -0.2) is 14.5 Å². The van der Waals surface area contributed by atoms with E-state index in [0.717, 1.165) is 16.9 Å². The molecule has 0 aliphatic heterocycles. The summed E-state index contributed by atoms with van der Waals surface area (Å²) < 4.78 is 2.30. The Hall–Kier alpha value is -1.58. The monoisotopic (exact) mass is 260 g/mol. The minimum Gasteiger partial charge on any atom is -0.383 e. The molecule has 19 heavy (non-hydrogen) atoms. The molecule has 2 aromatic rings. The Bertz CT molecular complexity index is 632. The van der Waals surface area contributed by atoms with Crippen LogP contribution in [0.2, 0.25) is 0 Å². The topological polar surface area (TPSA) is 56.7 Å². The summed E-state index contributed by atoms with van der Waals surface area (Å²) >= 11 is 0. The first-order chi connectivity index (χ1) is 8.64. The molecule has 4 heteroatoms. The Morgan fingerprint density at radius 1 is 1.11 bits per heavy atom. The van der Waals surface area contributed by atoms with E-state index in [9.17, 15) is 0 Å². The van der Waals surface area contributed by atoms with Crippen molar-refractivity contribution >= 4 is 16.9 Å². The molecule has 0 aliphatic rings. The summed E-state index contributed by atoms with van der Waals surface area (Å²) in [7, 11) is 0. The van der Waals surface area contributed by atoms with Crippen LogP contribution in [0.5, 0.6) is 0 Å². The van der Waals surface area contributed by atoms with Crippen LogP contribution in [0.25, 0.3) is 11.0 Å². The molecule has 1 atom stereocenters. The van der Waals surface area contributed by atoms with Crippen molar-refractivity contribution in [1.29, 1.82) is 0 Å². The summed E-state index contributed by atoms with van der Waals surface area (Å²) in [4.78, 5) is 8.92.